The largest absolute Gasteiger partial charge is 0.455 e. The zero-order valence-corrected chi connectivity index (χ0v) is 33.2. The maximum Gasteiger partial charge on any atom is 0.313 e. The van der Waals surface area contributed by atoms with Gasteiger partial charge in [0.15, 0.2) is 0 Å². The van der Waals surface area contributed by atoms with Crippen molar-refractivity contribution >= 4 is 39.6 Å². The van der Waals surface area contributed by atoms with Gasteiger partial charge in [0, 0.05) is 30.0 Å². The third-order valence-electron chi connectivity index (χ3n) is 11.0. The topological polar surface area (TPSA) is 117 Å². The molecule has 0 aromatic heterocycles. The van der Waals surface area contributed by atoms with Crippen LogP contribution in [-0.4, -0.2) is 99.1 Å². The van der Waals surface area contributed by atoms with Crippen molar-refractivity contribution in [1.29, 1.82) is 0 Å². The monoisotopic (exact) mass is 769 g/mol. The molecule has 5 rings (SSSR count). The summed E-state index contributed by atoms with van der Waals surface area (Å²) in [6.45, 7) is 16.2. The van der Waals surface area contributed by atoms with Gasteiger partial charge >= 0.3 is 5.97 Å². The lowest BCUT2D eigenvalue weighted by Gasteiger charge is -2.46. The predicted octanol–water partition coefficient (Wildman–Crippen LogP) is 5.79. The number of carbonyl (C=O) groups is 4. The number of allylic oxidation sites excluding steroid dienone is 1. The number of benzene rings is 1. The summed E-state index contributed by atoms with van der Waals surface area (Å²) in [6, 6.07) is 6.94. The van der Waals surface area contributed by atoms with Crippen LogP contribution >= 0.6 is 15.9 Å². The van der Waals surface area contributed by atoms with Crippen LogP contribution in [-0.2, 0) is 28.7 Å². The fourth-order valence-electron chi connectivity index (χ4n) is 9.00. The van der Waals surface area contributed by atoms with E-state index in [2.05, 4.69) is 36.7 Å². The summed E-state index contributed by atoms with van der Waals surface area (Å²) in [5.41, 5.74) is -1.56. The number of likely N-dealkylation sites (N-methyl/N-ethyl adjacent to an activating group) is 1. The van der Waals surface area contributed by atoms with Gasteiger partial charge < -0.3 is 29.3 Å². The number of amides is 3. The van der Waals surface area contributed by atoms with Crippen molar-refractivity contribution in [3.8, 4) is 0 Å². The highest BCUT2D eigenvalue weighted by Gasteiger charge is 2.76. The highest BCUT2D eigenvalue weighted by Crippen LogP contribution is 2.60. The molecule has 4 aliphatic rings. The Morgan fingerprint density at radius 1 is 1.00 bits per heavy atom. The Balaban J connectivity index is 1.70. The highest BCUT2D eigenvalue weighted by atomic mass is 79.9. The standard InChI is InChI=1S/C40H56BrN3O7/c1-24(2)20-27(22-45)44-34-36(48)43(39(7,8)23-38(4,5)6)19-15-11-14-18-29(46)42(9)25(3)32(26-16-12-10-13-17-26)50-37(49)30-31(35(44)47)40(34)21-28(41)33(30)51-40/h10-13,15-17,21,24-25,27,30-34,45H,14,18-20,22-23H2,1-9H3/b15-11-/t25-,27+,30+,31-,32+,33+,34+,40-/m0/s1. The number of hydrogen-bond donors (Lipinski definition) is 1. The van der Waals surface area contributed by atoms with Crippen molar-refractivity contribution in [2.75, 3.05) is 20.2 Å². The molecule has 1 aromatic carbocycles. The molecule has 51 heavy (non-hydrogen) atoms. The maximum atomic E-state index is 15.4. The van der Waals surface area contributed by atoms with Crippen molar-refractivity contribution in [2.24, 2.45) is 23.2 Å². The molecular weight excluding hydrogens is 714 g/mol. The molecule has 10 nitrogen and oxygen atoms in total. The summed E-state index contributed by atoms with van der Waals surface area (Å²) in [5.74, 6) is -3.48. The third kappa shape index (κ3) is 7.45. The van der Waals surface area contributed by atoms with Crippen LogP contribution in [0.25, 0.3) is 0 Å². The summed E-state index contributed by atoms with van der Waals surface area (Å²) in [6.07, 6.45) is 5.79. The molecule has 0 radical (unpaired) electrons. The lowest BCUT2D eigenvalue weighted by atomic mass is 9.74. The van der Waals surface area contributed by atoms with Crippen LogP contribution in [0.3, 0.4) is 0 Å². The SMILES string of the molecule is CC(C)C[C@H](CO)N1C(=O)[C@@H]2[C@H]3C(=O)O[C@@H](c4ccccc4)[C@H](C)N(C)C(=O)CC/C=C\CN(C(C)(C)CC(C)(C)C)C(=O)[C@@H]1[C@]21C=C(Br)[C@H]3O1. The van der Waals surface area contributed by atoms with E-state index in [1.54, 1.807) is 18.0 Å². The number of hydrogen-bond acceptors (Lipinski definition) is 7. The summed E-state index contributed by atoms with van der Waals surface area (Å²) in [7, 11) is 1.71. The van der Waals surface area contributed by atoms with Gasteiger partial charge in [-0.05, 0) is 63.0 Å². The first-order valence-corrected chi connectivity index (χ1v) is 19.1. The van der Waals surface area contributed by atoms with E-state index in [1.807, 2.05) is 82.0 Å². The molecule has 5 bridgehead atoms. The molecule has 2 fully saturated rings. The number of aliphatic hydroxyl groups excluding tert-OH is 1. The summed E-state index contributed by atoms with van der Waals surface area (Å²) < 4.78 is 13.7. The molecule has 4 heterocycles. The number of nitrogens with zero attached hydrogens (tertiary/aromatic N) is 3. The van der Waals surface area contributed by atoms with Gasteiger partial charge in [-0.25, -0.2) is 0 Å². The third-order valence-corrected chi connectivity index (χ3v) is 11.7. The van der Waals surface area contributed by atoms with Gasteiger partial charge in [-0.1, -0.05) is 93.0 Å². The lowest BCUT2D eigenvalue weighted by molar-refractivity contribution is -0.164. The molecule has 0 unspecified atom stereocenters. The van der Waals surface area contributed by atoms with Crippen molar-refractivity contribution in [2.45, 2.75) is 123 Å². The molecule has 2 saturated heterocycles. The van der Waals surface area contributed by atoms with Crippen LogP contribution in [0.5, 0.6) is 0 Å². The Kier molecular flexibility index (Phi) is 11.4. The number of rotatable bonds is 7. The van der Waals surface area contributed by atoms with E-state index >= 15 is 4.79 Å². The quantitative estimate of drug-likeness (QED) is 0.276. The van der Waals surface area contributed by atoms with Gasteiger partial charge in [0.1, 0.15) is 29.8 Å². The van der Waals surface area contributed by atoms with E-state index in [1.165, 1.54) is 4.90 Å². The van der Waals surface area contributed by atoms with E-state index in [9.17, 15) is 19.5 Å². The average molecular weight is 771 g/mol. The number of carbonyl (C=O) groups excluding carboxylic acids is 4. The first-order valence-electron chi connectivity index (χ1n) is 18.3. The second kappa shape index (κ2) is 14.8. The molecular formula is C40H56BrN3O7. The molecule has 0 saturated carbocycles. The van der Waals surface area contributed by atoms with Crippen LogP contribution in [0.15, 0.2) is 53.0 Å². The molecule has 8 atom stereocenters. The van der Waals surface area contributed by atoms with Gasteiger partial charge in [0.25, 0.3) is 0 Å². The maximum absolute atomic E-state index is 15.4. The second-order valence-electron chi connectivity index (χ2n) is 17.1. The first kappa shape index (κ1) is 39.2. The van der Waals surface area contributed by atoms with Crippen molar-refractivity contribution in [3.63, 3.8) is 0 Å². The van der Waals surface area contributed by atoms with Crippen LogP contribution in [0.1, 0.15) is 92.7 Å². The van der Waals surface area contributed by atoms with Gasteiger partial charge in [-0.15, -0.1) is 0 Å². The Hall–Kier alpha value is -3.02. The van der Waals surface area contributed by atoms with E-state index in [0.29, 0.717) is 29.3 Å². The minimum atomic E-state index is -1.47. The van der Waals surface area contributed by atoms with E-state index in [-0.39, 0.29) is 42.7 Å². The Morgan fingerprint density at radius 3 is 2.27 bits per heavy atom. The number of cyclic esters (lactones) is 1. The number of halogens is 1. The summed E-state index contributed by atoms with van der Waals surface area (Å²) >= 11 is 3.66. The summed E-state index contributed by atoms with van der Waals surface area (Å²) in [4.78, 5) is 63.4. The Bertz CT molecular complexity index is 1550. The second-order valence-corrected chi connectivity index (χ2v) is 18.0. The fourth-order valence-corrected chi connectivity index (χ4v) is 9.73. The zero-order chi connectivity index (χ0) is 37.6. The molecule has 3 amide bonds. The van der Waals surface area contributed by atoms with Crippen molar-refractivity contribution in [1.82, 2.24) is 14.7 Å². The molecule has 4 aliphatic heterocycles. The number of esters is 1. The van der Waals surface area contributed by atoms with Gasteiger partial charge in [0.2, 0.25) is 17.7 Å². The van der Waals surface area contributed by atoms with Crippen LogP contribution in [0.4, 0.5) is 0 Å². The van der Waals surface area contributed by atoms with E-state index in [4.69, 9.17) is 9.47 Å². The van der Waals surface area contributed by atoms with Crippen molar-refractivity contribution < 1.29 is 33.8 Å². The molecule has 1 spiro atoms. The number of ether oxygens (including phenoxy) is 2. The van der Waals surface area contributed by atoms with E-state index < -0.39 is 65.2 Å². The first-order chi connectivity index (χ1) is 23.8. The van der Waals surface area contributed by atoms with Crippen LogP contribution in [0.2, 0.25) is 0 Å². The Morgan fingerprint density at radius 2 is 1.67 bits per heavy atom. The molecule has 280 valence electrons. The normalized spacial score (nSPS) is 32.0. The van der Waals surface area contributed by atoms with Crippen LogP contribution < -0.4 is 0 Å². The predicted molar refractivity (Wildman–Crippen MR) is 198 cm³/mol. The van der Waals surface area contributed by atoms with Gasteiger partial charge in [0.05, 0.1) is 24.6 Å². The van der Waals surface area contributed by atoms with Gasteiger partial charge in [-0.3, -0.25) is 19.2 Å². The average Bonchev–Trinajstić information content (AvgIpc) is 3.64. The van der Waals surface area contributed by atoms with E-state index in [0.717, 1.165) is 0 Å². The molecule has 1 N–H and O–H groups in total. The fraction of sp³-hybridized carbons (Fsp3) is 0.650. The lowest BCUT2D eigenvalue weighted by Crippen LogP contribution is -2.62. The minimum absolute atomic E-state index is 0.104. The number of likely N-dealkylation sites (tertiary alicyclic amines) is 1. The highest BCUT2D eigenvalue weighted by molar-refractivity contribution is 9.11. The molecule has 0 aliphatic carbocycles. The Labute approximate surface area is 311 Å². The minimum Gasteiger partial charge on any atom is -0.455 e. The molecule has 11 heteroatoms. The molecule has 1 aromatic rings. The summed E-state index contributed by atoms with van der Waals surface area (Å²) in [5, 5.41) is 10.8. The number of aliphatic hydroxyl groups is 1. The number of fused-ring (bicyclic) bond motifs is 2. The zero-order valence-electron chi connectivity index (χ0n) is 31.6. The smallest absolute Gasteiger partial charge is 0.313 e. The van der Waals surface area contributed by atoms with Crippen molar-refractivity contribution in [3.05, 3.63) is 58.6 Å². The van der Waals surface area contributed by atoms with Crippen LogP contribution in [0, 0.1) is 23.2 Å². The van der Waals surface area contributed by atoms with Gasteiger partial charge in [-0.2, -0.15) is 0 Å².